The molecule has 30 heavy (non-hydrogen) atoms. The standard InChI is InChI=1S/C25H29F4N/c26-22-11-19(9-10-21(22)20-12-23(27)25(29)24(28)13-20)18-7-5-17(6-8-18)16-3-1-15(14-30)2-4-16/h9-13,15-18H,1-8,14,30H2. The van der Waals surface area contributed by atoms with Crippen molar-refractivity contribution < 1.29 is 17.6 Å². The van der Waals surface area contributed by atoms with Gasteiger partial charge in [-0.3, -0.25) is 0 Å². The van der Waals surface area contributed by atoms with E-state index in [0.29, 0.717) is 11.8 Å². The number of hydrogen-bond acceptors (Lipinski definition) is 1. The monoisotopic (exact) mass is 419 g/mol. The van der Waals surface area contributed by atoms with Gasteiger partial charge in [0, 0.05) is 5.56 Å². The molecule has 2 aliphatic carbocycles. The maximum absolute atomic E-state index is 14.7. The third kappa shape index (κ3) is 4.41. The summed E-state index contributed by atoms with van der Waals surface area (Å²) in [6, 6.07) is 6.54. The van der Waals surface area contributed by atoms with Crippen molar-refractivity contribution in [1.82, 2.24) is 0 Å². The van der Waals surface area contributed by atoms with Gasteiger partial charge in [-0.25, -0.2) is 17.6 Å². The molecule has 4 rings (SSSR count). The maximum atomic E-state index is 14.7. The first-order valence-corrected chi connectivity index (χ1v) is 11.1. The molecule has 162 valence electrons. The lowest BCUT2D eigenvalue weighted by molar-refractivity contribution is 0.162. The minimum Gasteiger partial charge on any atom is -0.330 e. The van der Waals surface area contributed by atoms with Crippen molar-refractivity contribution in [2.24, 2.45) is 23.5 Å². The third-order valence-electron chi connectivity index (χ3n) is 7.42. The van der Waals surface area contributed by atoms with Crippen LogP contribution in [-0.4, -0.2) is 6.54 Å². The molecule has 5 heteroatoms. The van der Waals surface area contributed by atoms with Crippen molar-refractivity contribution in [2.75, 3.05) is 6.54 Å². The van der Waals surface area contributed by atoms with E-state index >= 15 is 0 Å². The van der Waals surface area contributed by atoms with E-state index in [1.165, 1.54) is 44.6 Å². The van der Waals surface area contributed by atoms with Gasteiger partial charge in [0.2, 0.25) is 0 Å². The zero-order valence-corrected chi connectivity index (χ0v) is 17.1. The normalized spacial score (nSPS) is 27.2. The molecular formula is C25H29F4N. The van der Waals surface area contributed by atoms with Gasteiger partial charge < -0.3 is 5.73 Å². The lowest BCUT2D eigenvalue weighted by atomic mass is 9.68. The molecule has 2 N–H and O–H groups in total. The van der Waals surface area contributed by atoms with Crippen LogP contribution in [0.5, 0.6) is 0 Å². The average Bonchev–Trinajstić information content (AvgIpc) is 2.77. The van der Waals surface area contributed by atoms with Gasteiger partial charge in [0.1, 0.15) is 5.82 Å². The highest BCUT2D eigenvalue weighted by Gasteiger charge is 2.31. The topological polar surface area (TPSA) is 26.0 Å². The molecule has 2 aromatic rings. The summed E-state index contributed by atoms with van der Waals surface area (Å²) in [5.74, 6) is -2.12. The van der Waals surface area contributed by atoms with E-state index in [2.05, 4.69) is 0 Å². The maximum Gasteiger partial charge on any atom is 0.194 e. The Kier molecular flexibility index (Phi) is 6.47. The van der Waals surface area contributed by atoms with E-state index in [-0.39, 0.29) is 11.1 Å². The van der Waals surface area contributed by atoms with Gasteiger partial charge in [-0.1, -0.05) is 12.1 Å². The first-order valence-electron chi connectivity index (χ1n) is 11.1. The SMILES string of the molecule is NCC1CCC(C2CCC(c3ccc(-c4cc(F)c(F)c(F)c4)c(F)c3)CC2)CC1. The molecule has 0 saturated heterocycles. The molecule has 0 heterocycles. The molecule has 2 aromatic carbocycles. The van der Waals surface area contributed by atoms with Crippen LogP contribution in [0, 0.1) is 41.0 Å². The van der Waals surface area contributed by atoms with Crippen molar-refractivity contribution in [3.8, 4) is 11.1 Å². The fourth-order valence-corrected chi connectivity index (χ4v) is 5.55. The molecule has 2 aliphatic rings. The minimum absolute atomic E-state index is 0.00670. The van der Waals surface area contributed by atoms with Crippen molar-refractivity contribution in [3.63, 3.8) is 0 Å². The summed E-state index contributed by atoms with van der Waals surface area (Å²) in [7, 11) is 0. The highest BCUT2D eigenvalue weighted by Crippen LogP contribution is 2.44. The molecule has 0 bridgehead atoms. The first kappa shape index (κ1) is 21.4. The fourth-order valence-electron chi connectivity index (χ4n) is 5.55. The summed E-state index contributed by atoms with van der Waals surface area (Å²) in [5, 5.41) is 0. The number of benzene rings is 2. The van der Waals surface area contributed by atoms with Crippen LogP contribution >= 0.6 is 0 Å². The van der Waals surface area contributed by atoms with Crippen LogP contribution in [0.2, 0.25) is 0 Å². The number of halogens is 4. The second kappa shape index (κ2) is 9.09. The smallest absolute Gasteiger partial charge is 0.194 e. The first-order chi connectivity index (χ1) is 14.5. The Labute approximate surface area is 175 Å². The Balaban J connectivity index is 1.41. The Morgan fingerprint density at radius 3 is 1.80 bits per heavy atom. The van der Waals surface area contributed by atoms with E-state index in [4.69, 9.17) is 5.73 Å². The average molecular weight is 420 g/mol. The largest absolute Gasteiger partial charge is 0.330 e. The predicted octanol–water partition coefficient (Wildman–Crippen LogP) is 6.95. The van der Waals surface area contributed by atoms with Crippen molar-refractivity contribution in [1.29, 1.82) is 0 Å². The molecule has 0 aliphatic heterocycles. The van der Waals surface area contributed by atoms with E-state index < -0.39 is 23.3 Å². The van der Waals surface area contributed by atoms with E-state index in [0.717, 1.165) is 48.9 Å². The van der Waals surface area contributed by atoms with Gasteiger partial charge >= 0.3 is 0 Å². The number of hydrogen-bond donors (Lipinski definition) is 1. The van der Waals surface area contributed by atoms with Gasteiger partial charge in [0.05, 0.1) is 0 Å². The van der Waals surface area contributed by atoms with Crippen LogP contribution in [0.1, 0.15) is 62.8 Å². The number of nitrogens with two attached hydrogens (primary N) is 1. The molecule has 1 nitrogen and oxygen atoms in total. The van der Waals surface area contributed by atoms with Crippen molar-refractivity contribution in [3.05, 3.63) is 59.2 Å². The highest BCUT2D eigenvalue weighted by atomic mass is 19.2. The zero-order chi connectivity index (χ0) is 21.3. The van der Waals surface area contributed by atoms with Crippen molar-refractivity contribution in [2.45, 2.75) is 57.3 Å². The molecule has 2 saturated carbocycles. The molecule has 0 atom stereocenters. The predicted molar refractivity (Wildman–Crippen MR) is 111 cm³/mol. The summed E-state index contributed by atoms with van der Waals surface area (Å²) in [6.45, 7) is 0.804. The molecular weight excluding hydrogens is 390 g/mol. The Morgan fingerprint density at radius 1 is 0.700 bits per heavy atom. The summed E-state index contributed by atoms with van der Waals surface area (Å²) in [6.07, 6.45) is 9.48. The minimum atomic E-state index is -1.54. The molecule has 0 radical (unpaired) electrons. The van der Waals surface area contributed by atoms with Crippen LogP contribution in [0.15, 0.2) is 30.3 Å². The fraction of sp³-hybridized carbons (Fsp3) is 0.520. The summed E-state index contributed by atoms with van der Waals surface area (Å²) in [5.41, 5.74) is 6.83. The molecule has 0 aromatic heterocycles. The second-order valence-corrected chi connectivity index (χ2v) is 9.12. The van der Waals surface area contributed by atoms with Gasteiger partial charge in [0.15, 0.2) is 17.5 Å². The Hall–Kier alpha value is -1.88. The lowest BCUT2D eigenvalue weighted by Gasteiger charge is -2.37. The molecule has 0 spiro atoms. The van der Waals surface area contributed by atoms with E-state index in [1.807, 2.05) is 6.07 Å². The Bertz CT molecular complexity index is 858. The quantitative estimate of drug-likeness (QED) is 0.421. The third-order valence-corrected chi connectivity index (χ3v) is 7.42. The van der Waals surface area contributed by atoms with Gasteiger partial charge in [0.25, 0.3) is 0 Å². The van der Waals surface area contributed by atoms with Crippen LogP contribution in [0.25, 0.3) is 11.1 Å². The summed E-state index contributed by atoms with van der Waals surface area (Å²) in [4.78, 5) is 0. The lowest BCUT2D eigenvalue weighted by Crippen LogP contribution is -2.27. The van der Waals surface area contributed by atoms with Gasteiger partial charge in [-0.15, -0.1) is 0 Å². The van der Waals surface area contributed by atoms with Crippen LogP contribution in [0.4, 0.5) is 17.6 Å². The molecule has 0 unspecified atom stereocenters. The second-order valence-electron chi connectivity index (χ2n) is 9.12. The molecule has 0 amide bonds. The van der Waals surface area contributed by atoms with Crippen molar-refractivity contribution >= 4 is 0 Å². The van der Waals surface area contributed by atoms with Gasteiger partial charge in [-0.05, 0) is 111 Å². The summed E-state index contributed by atoms with van der Waals surface area (Å²) < 4.78 is 55.0. The zero-order valence-electron chi connectivity index (χ0n) is 17.1. The number of rotatable bonds is 4. The molecule has 2 fully saturated rings. The Morgan fingerprint density at radius 2 is 1.27 bits per heavy atom. The van der Waals surface area contributed by atoms with Gasteiger partial charge in [-0.2, -0.15) is 0 Å². The highest BCUT2D eigenvalue weighted by molar-refractivity contribution is 5.65. The summed E-state index contributed by atoms with van der Waals surface area (Å²) >= 11 is 0. The van der Waals surface area contributed by atoms with Crippen LogP contribution < -0.4 is 5.73 Å². The van der Waals surface area contributed by atoms with Crippen LogP contribution in [0.3, 0.4) is 0 Å². The van der Waals surface area contributed by atoms with E-state index in [1.54, 1.807) is 6.07 Å². The van der Waals surface area contributed by atoms with Crippen LogP contribution in [-0.2, 0) is 0 Å². The van der Waals surface area contributed by atoms with E-state index in [9.17, 15) is 17.6 Å².